The van der Waals surface area contributed by atoms with Gasteiger partial charge >= 0.3 is 6.09 Å². The van der Waals surface area contributed by atoms with E-state index in [0.717, 1.165) is 5.56 Å². The Balaban J connectivity index is 2.61. The highest BCUT2D eigenvalue weighted by atomic mass is 16.5. The highest BCUT2D eigenvalue weighted by molar-refractivity contribution is 5.67. The predicted octanol–water partition coefficient (Wildman–Crippen LogP) is 1.47. The smallest absolute Gasteiger partial charge is 0.407 e. The van der Waals surface area contributed by atoms with Crippen LogP contribution in [0.1, 0.15) is 18.5 Å². The molecule has 1 amide bonds. The first kappa shape index (κ1) is 11.5. The van der Waals surface area contributed by atoms with Crippen molar-refractivity contribution in [3.05, 3.63) is 35.9 Å². The number of nitrogens with one attached hydrogen (secondary N) is 1. The third kappa shape index (κ3) is 3.59. The minimum Gasteiger partial charge on any atom is -0.450 e. The zero-order valence-corrected chi connectivity index (χ0v) is 8.64. The Bertz CT molecular complexity index is 300. The van der Waals surface area contributed by atoms with Crippen LogP contribution in [0.15, 0.2) is 30.3 Å². The molecule has 4 nitrogen and oxygen atoms in total. The minimum absolute atomic E-state index is 0.150. The first-order valence-electron chi connectivity index (χ1n) is 4.87. The molecule has 0 aliphatic rings. The van der Waals surface area contributed by atoms with Crippen molar-refractivity contribution in [2.24, 2.45) is 0 Å². The summed E-state index contributed by atoms with van der Waals surface area (Å²) in [7, 11) is 0. The Morgan fingerprint density at radius 1 is 1.47 bits per heavy atom. The molecule has 0 aliphatic heterocycles. The van der Waals surface area contributed by atoms with Crippen LogP contribution in [0.2, 0.25) is 0 Å². The van der Waals surface area contributed by atoms with E-state index in [1.807, 2.05) is 30.3 Å². The van der Waals surface area contributed by atoms with Crippen LogP contribution in [-0.2, 0) is 4.74 Å². The molecule has 0 bridgehead atoms. The molecule has 1 rings (SSSR count). The van der Waals surface area contributed by atoms with Crippen molar-refractivity contribution in [2.45, 2.75) is 13.0 Å². The van der Waals surface area contributed by atoms with Gasteiger partial charge in [-0.3, -0.25) is 0 Å². The van der Waals surface area contributed by atoms with Gasteiger partial charge < -0.3 is 15.2 Å². The number of rotatable bonds is 4. The fourth-order valence-corrected chi connectivity index (χ4v) is 1.23. The summed E-state index contributed by atoms with van der Waals surface area (Å²) in [6.45, 7) is 1.90. The van der Waals surface area contributed by atoms with Crippen molar-refractivity contribution >= 4 is 6.09 Å². The molecule has 15 heavy (non-hydrogen) atoms. The number of aliphatic hydroxyl groups excluding tert-OH is 1. The molecule has 0 spiro atoms. The number of carbonyl (C=O) groups excluding carboxylic acids is 1. The van der Waals surface area contributed by atoms with Crippen LogP contribution in [0.3, 0.4) is 0 Å². The van der Waals surface area contributed by atoms with E-state index in [4.69, 9.17) is 9.84 Å². The van der Waals surface area contributed by atoms with E-state index in [2.05, 4.69) is 5.32 Å². The molecule has 0 radical (unpaired) electrons. The largest absolute Gasteiger partial charge is 0.450 e. The van der Waals surface area contributed by atoms with Gasteiger partial charge in [-0.15, -0.1) is 0 Å². The maximum absolute atomic E-state index is 11.1. The zero-order valence-electron chi connectivity index (χ0n) is 8.64. The Morgan fingerprint density at radius 2 is 2.13 bits per heavy atom. The van der Waals surface area contributed by atoms with Crippen molar-refractivity contribution in [3.63, 3.8) is 0 Å². The molecule has 0 aliphatic carbocycles. The van der Waals surface area contributed by atoms with Gasteiger partial charge in [0.2, 0.25) is 0 Å². The van der Waals surface area contributed by atoms with Crippen LogP contribution >= 0.6 is 0 Å². The summed E-state index contributed by atoms with van der Waals surface area (Å²) in [5.74, 6) is 0. The standard InChI is InChI=1S/C11H15NO3/c1-2-15-11(14)12-10(8-13)9-6-4-3-5-7-9/h3-7,10,13H,2,8H2,1H3,(H,12,14)/t10-/m1/s1. The average Bonchev–Trinajstić information content (AvgIpc) is 2.27. The average molecular weight is 209 g/mol. The quantitative estimate of drug-likeness (QED) is 0.789. The number of alkyl carbamates (subject to hydrolysis) is 1. The number of amides is 1. The lowest BCUT2D eigenvalue weighted by Gasteiger charge is -2.15. The van der Waals surface area contributed by atoms with E-state index in [1.165, 1.54) is 0 Å². The normalized spacial score (nSPS) is 11.9. The summed E-state index contributed by atoms with van der Waals surface area (Å²) >= 11 is 0. The van der Waals surface area contributed by atoms with Gasteiger partial charge in [-0.1, -0.05) is 30.3 Å². The number of carbonyl (C=O) groups is 1. The number of ether oxygens (including phenoxy) is 1. The summed E-state index contributed by atoms with van der Waals surface area (Å²) in [4.78, 5) is 11.1. The molecule has 0 unspecified atom stereocenters. The predicted molar refractivity (Wildman–Crippen MR) is 56.4 cm³/mol. The van der Waals surface area contributed by atoms with Gasteiger partial charge in [-0.05, 0) is 12.5 Å². The number of hydrogen-bond donors (Lipinski definition) is 2. The van der Waals surface area contributed by atoms with E-state index < -0.39 is 12.1 Å². The molecule has 0 fully saturated rings. The maximum atomic E-state index is 11.1. The lowest BCUT2D eigenvalue weighted by Crippen LogP contribution is -2.31. The van der Waals surface area contributed by atoms with Crippen molar-refractivity contribution in [1.82, 2.24) is 5.32 Å². The number of benzene rings is 1. The lowest BCUT2D eigenvalue weighted by atomic mass is 10.1. The summed E-state index contributed by atoms with van der Waals surface area (Å²) in [5, 5.41) is 11.7. The van der Waals surface area contributed by atoms with E-state index in [0.29, 0.717) is 6.61 Å². The van der Waals surface area contributed by atoms with Gasteiger partial charge in [0.1, 0.15) is 0 Å². The molecule has 1 aromatic rings. The molecule has 82 valence electrons. The van der Waals surface area contributed by atoms with E-state index in [-0.39, 0.29) is 6.61 Å². The molecular weight excluding hydrogens is 194 g/mol. The molecule has 1 aromatic carbocycles. The van der Waals surface area contributed by atoms with Crippen LogP contribution in [0, 0.1) is 0 Å². The van der Waals surface area contributed by atoms with Crippen molar-refractivity contribution in [3.8, 4) is 0 Å². The molecular formula is C11H15NO3. The molecule has 0 aromatic heterocycles. The summed E-state index contributed by atoms with van der Waals surface area (Å²) in [5.41, 5.74) is 0.855. The highest BCUT2D eigenvalue weighted by Gasteiger charge is 2.13. The topological polar surface area (TPSA) is 58.6 Å². The number of hydrogen-bond acceptors (Lipinski definition) is 3. The fourth-order valence-electron chi connectivity index (χ4n) is 1.23. The summed E-state index contributed by atoms with van der Waals surface area (Å²) in [6, 6.07) is 8.85. The fraction of sp³-hybridized carbons (Fsp3) is 0.364. The molecule has 0 saturated carbocycles. The Hall–Kier alpha value is -1.55. The van der Waals surface area contributed by atoms with Crippen LogP contribution in [0.25, 0.3) is 0 Å². The third-order valence-corrected chi connectivity index (χ3v) is 1.95. The first-order chi connectivity index (χ1) is 7.27. The Labute approximate surface area is 88.9 Å². The first-order valence-corrected chi connectivity index (χ1v) is 4.87. The second kappa shape index (κ2) is 6.03. The SMILES string of the molecule is CCOC(=O)N[C@H](CO)c1ccccc1. The van der Waals surface area contributed by atoms with E-state index in [9.17, 15) is 4.79 Å². The van der Waals surface area contributed by atoms with Crippen molar-refractivity contribution < 1.29 is 14.6 Å². The summed E-state index contributed by atoms with van der Waals surface area (Å²) < 4.78 is 4.73. The van der Waals surface area contributed by atoms with Crippen LogP contribution < -0.4 is 5.32 Å². The Kier molecular flexibility index (Phi) is 4.63. The molecule has 1 atom stereocenters. The Morgan fingerprint density at radius 3 is 2.67 bits per heavy atom. The van der Waals surface area contributed by atoms with E-state index >= 15 is 0 Å². The molecule has 0 saturated heterocycles. The van der Waals surface area contributed by atoms with E-state index in [1.54, 1.807) is 6.92 Å². The van der Waals surface area contributed by atoms with Gasteiger partial charge in [-0.2, -0.15) is 0 Å². The van der Waals surface area contributed by atoms with Crippen molar-refractivity contribution in [1.29, 1.82) is 0 Å². The van der Waals surface area contributed by atoms with Crippen LogP contribution in [0.5, 0.6) is 0 Å². The molecule has 0 heterocycles. The third-order valence-electron chi connectivity index (χ3n) is 1.95. The zero-order chi connectivity index (χ0) is 11.1. The second-order valence-electron chi connectivity index (χ2n) is 3.01. The monoisotopic (exact) mass is 209 g/mol. The van der Waals surface area contributed by atoms with Crippen molar-refractivity contribution in [2.75, 3.05) is 13.2 Å². The minimum atomic E-state index is -0.514. The van der Waals surface area contributed by atoms with Gasteiger partial charge in [0.25, 0.3) is 0 Å². The number of aliphatic hydroxyl groups is 1. The lowest BCUT2D eigenvalue weighted by molar-refractivity contribution is 0.140. The van der Waals surface area contributed by atoms with Gasteiger partial charge in [0.05, 0.1) is 19.3 Å². The molecule has 2 N–H and O–H groups in total. The van der Waals surface area contributed by atoms with Crippen LogP contribution in [0.4, 0.5) is 4.79 Å². The van der Waals surface area contributed by atoms with Crippen LogP contribution in [-0.4, -0.2) is 24.4 Å². The second-order valence-corrected chi connectivity index (χ2v) is 3.01. The van der Waals surface area contributed by atoms with Gasteiger partial charge in [0, 0.05) is 0 Å². The van der Waals surface area contributed by atoms with Gasteiger partial charge in [-0.25, -0.2) is 4.79 Å². The van der Waals surface area contributed by atoms with Gasteiger partial charge in [0.15, 0.2) is 0 Å². The molecule has 4 heteroatoms. The summed E-state index contributed by atoms with van der Waals surface area (Å²) in [6.07, 6.45) is -0.514. The highest BCUT2D eigenvalue weighted by Crippen LogP contribution is 2.11. The maximum Gasteiger partial charge on any atom is 0.407 e.